The Hall–Kier alpha value is -1.59. The first kappa shape index (κ1) is 60.4. The van der Waals surface area contributed by atoms with Gasteiger partial charge >= 0.3 is 17.9 Å². The van der Waals surface area contributed by atoms with Gasteiger partial charge in [0.2, 0.25) is 0 Å². The Labute approximate surface area is 387 Å². The molecule has 0 aliphatic rings. The second-order valence-corrected chi connectivity index (χ2v) is 19.7. The summed E-state index contributed by atoms with van der Waals surface area (Å²) >= 11 is 0. The van der Waals surface area contributed by atoms with E-state index < -0.39 is 6.10 Å². The fourth-order valence-electron chi connectivity index (χ4n) is 8.46. The zero-order valence-electron chi connectivity index (χ0n) is 42.5. The second kappa shape index (κ2) is 48.9. The molecule has 6 nitrogen and oxygen atoms in total. The molecule has 368 valence electrons. The van der Waals surface area contributed by atoms with Crippen LogP contribution in [0.15, 0.2) is 0 Å². The Bertz CT molecular complexity index is 951. The molecule has 6 heteroatoms. The Morgan fingerprint density at radius 2 is 0.565 bits per heavy atom. The van der Waals surface area contributed by atoms with Crippen molar-refractivity contribution in [1.82, 2.24) is 0 Å². The van der Waals surface area contributed by atoms with Gasteiger partial charge in [-0.15, -0.1) is 0 Å². The molecule has 62 heavy (non-hydrogen) atoms. The van der Waals surface area contributed by atoms with Gasteiger partial charge in [0.05, 0.1) is 0 Å². The SMILES string of the molecule is CCCCCCCCCCCCCCC(=O)OC[C@H](COC(=O)CCCCCCCCCCCCC(C)CC)OC(=O)CCCCCCCCCCCCCCCCC(C)CC. The molecule has 0 fully saturated rings. The normalized spacial score (nSPS) is 12.9. The van der Waals surface area contributed by atoms with Gasteiger partial charge in [-0.2, -0.15) is 0 Å². The summed E-state index contributed by atoms with van der Waals surface area (Å²) in [4.78, 5) is 38.0. The van der Waals surface area contributed by atoms with Crippen molar-refractivity contribution in [3.05, 3.63) is 0 Å². The quantitative estimate of drug-likeness (QED) is 0.0344. The number of ether oxygens (including phenoxy) is 3. The van der Waals surface area contributed by atoms with Gasteiger partial charge < -0.3 is 14.2 Å². The number of esters is 3. The molecule has 0 heterocycles. The van der Waals surface area contributed by atoms with Crippen LogP contribution in [0.4, 0.5) is 0 Å². The van der Waals surface area contributed by atoms with E-state index in [1.165, 1.54) is 199 Å². The van der Waals surface area contributed by atoms with Crippen molar-refractivity contribution in [2.45, 2.75) is 317 Å². The van der Waals surface area contributed by atoms with Crippen LogP contribution in [-0.4, -0.2) is 37.2 Å². The van der Waals surface area contributed by atoms with Gasteiger partial charge in [0.1, 0.15) is 13.2 Å². The van der Waals surface area contributed by atoms with E-state index in [-0.39, 0.29) is 31.1 Å². The molecule has 0 saturated heterocycles. The molecule has 0 bridgehead atoms. The molecule has 0 spiro atoms. The zero-order chi connectivity index (χ0) is 45.4. The lowest BCUT2D eigenvalue weighted by atomic mass is 9.99. The van der Waals surface area contributed by atoms with Gasteiger partial charge in [0.25, 0.3) is 0 Å². The first-order valence-corrected chi connectivity index (χ1v) is 27.8. The predicted molar refractivity (Wildman–Crippen MR) is 266 cm³/mol. The standard InChI is InChI=1S/C56H108O6/c1-6-9-10-11-12-13-14-20-26-31-36-41-46-54(57)60-49-53(50-61-55(58)47-42-37-32-27-23-22-25-30-35-40-45-52(5)8-3)62-56(59)48-43-38-33-28-21-18-16-15-17-19-24-29-34-39-44-51(4)7-2/h51-53H,6-50H2,1-5H3/t51?,52?,53-/m1/s1. The van der Waals surface area contributed by atoms with Gasteiger partial charge in [0.15, 0.2) is 6.10 Å². The average Bonchev–Trinajstić information content (AvgIpc) is 3.27. The zero-order valence-corrected chi connectivity index (χ0v) is 42.5. The van der Waals surface area contributed by atoms with E-state index in [0.29, 0.717) is 19.3 Å². The van der Waals surface area contributed by atoms with Crippen LogP contribution < -0.4 is 0 Å². The Kier molecular flexibility index (Phi) is 47.6. The molecule has 0 aromatic heterocycles. The van der Waals surface area contributed by atoms with Crippen LogP contribution in [0.25, 0.3) is 0 Å². The largest absolute Gasteiger partial charge is 0.462 e. The maximum Gasteiger partial charge on any atom is 0.306 e. The molecule has 0 aliphatic carbocycles. The summed E-state index contributed by atoms with van der Waals surface area (Å²) in [5.41, 5.74) is 0. The number of hydrogen-bond donors (Lipinski definition) is 0. The van der Waals surface area contributed by atoms with Crippen molar-refractivity contribution in [2.24, 2.45) is 11.8 Å². The molecule has 0 rings (SSSR count). The van der Waals surface area contributed by atoms with Crippen LogP contribution in [0.5, 0.6) is 0 Å². The molecule has 0 amide bonds. The minimum atomic E-state index is -0.762. The predicted octanol–water partition coefficient (Wildman–Crippen LogP) is 18.1. The van der Waals surface area contributed by atoms with Crippen LogP contribution in [0.3, 0.4) is 0 Å². The number of rotatable bonds is 50. The summed E-state index contributed by atoms with van der Waals surface area (Å²) in [7, 11) is 0. The number of unbranched alkanes of at least 4 members (excludes halogenated alkanes) is 33. The molecular formula is C56H108O6. The van der Waals surface area contributed by atoms with E-state index in [0.717, 1.165) is 69.6 Å². The molecule has 3 atom stereocenters. The van der Waals surface area contributed by atoms with Crippen molar-refractivity contribution in [3.8, 4) is 0 Å². The minimum Gasteiger partial charge on any atom is -0.462 e. The van der Waals surface area contributed by atoms with Gasteiger partial charge in [-0.25, -0.2) is 0 Å². The van der Waals surface area contributed by atoms with Crippen molar-refractivity contribution < 1.29 is 28.6 Å². The third kappa shape index (κ3) is 46.4. The van der Waals surface area contributed by atoms with Gasteiger partial charge in [-0.1, -0.05) is 272 Å². The maximum absolute atomic E-state index is 12.8. The fourth-order valence-corrected chi connectivity index (χ4v) is 8.46. The Morgan fingerprint density at radius 1 is 0.323 bits per heavy atom. The van der Waals surface area contributed by atoms with Crippen molar-refractivity contribution in [1.29, 1.82) is 0 Å². The van der Waals surface area contributed by atoms with E-state index in [4.69, 9.17) is 14.2 Å². The van der Waals surface area contributed by atoms with Crippen LogP contribution in [0, 0.1) is 11.8 Å². The molecule has 0 N–H and O–H groups in total. The Morgan fingerprint density at radius 3 is 0.839 bits per heavy atom. The monoisotopic (exact) mass is 877 g/mol. The van der Waals surface area contributed by atoms with Crippen molar-refractivity contribution in [3.63, 3.8) is 0 Å². The lowest BCUT2D eigenvalue weighted by molar-refractivity contribution is -0.167. The first-order chi connectivity index (χ1) is 30.3. The van der Waals surface area contributed by atoms with E-state index >= 15 is 0 Å². The van der Waals surface area contributed by atoms with E-state index in [1.54, 1.807) is 0 Å². The molecular weight excluding hydrogens is 769 g/mol. The van der Waals surface area contributed by atoms with Crippen molar-refractivity contribution in [2.75, 3.05) is 13.2 Å². The third-order valence-electron chi connectivity index (χ3n) is 13.4. The van der Waals surface area contributed by atoms with Crippen LogP contribution in [0.1, 0.15) is 311 Å². The van der Waals surface area contributed by atoms with E-state index in [2.05, 4.69) is 34.6 Å². The van der Waals surface area contributed by atoms with Crippen molar-refractivity contribution >= 4 is 17.9 Å². The van der Waals surface area contributed by atoms with E-state index in [9.17, 15) is 14.4 Å². The summed E-state index contributed by atoms with van der Waals surface area (Å²) < 4.78 is 16.9. The van der Waals surface area contributed by atoms with Crippen LogP contribution in [0.2, 0.25) is 0 Å². The topological polar surface area (TPSA) is 78.9 Å². The highest BCUT2D eigenvalue weighted by Crippen LogP contribution is 2.19. The molecule has 0 aromatic rings. The fraction of sp³-hybridized carbons (Fsp3) is 0.946. The summed E-state index contributed by atoms with van der Waals surface area (Å²) in [6, 6.07) is 0. The van der Waals surface area contributed by atoms with Crippen LogP contribution in [-0.2, 0) is 28.6 Å². The molecule has 2 unspecified atom stereocenters. The first-order valence-electron chi connectivity index (χ1n) is 27.8. The number of hydrogen-bond acceptors (Lipinski definition) is 6. The summed E-state index contributed by atoms with van der Waals surface area (Å²) in [6.45, 7) is 11.5. The lowest BCUT2D eigenvalue weighted by Crippen LogP contribution is -2.30. The summed E-state index contributed by atoms with van der Waals surface area (Å²) in [6.07, 6.45) is 50.7. The molecule has 0 saturated carbocycles. The second-order valence-electron chi connectivity index (χ2n) is 19.7. The van der Waals surface area contributed by atoms with Crippen LogP contribution >= 0.6 is 0 Å². The minimum absolute atomic E-state index is 0.0631. The summed E-state index contributed by atoms with van der Waals surface area (Å²) in [5.74, 6) is 0.921. The van der Waals surface area contributed by atoms with Gasteiger partial charge in [-0.05, 0) is 31.1 Å². The van der Waals surface area contributed by atoms with E-state index in [1.807, 2.05) is 0 Å². The number of carbonyl (C=O) groups is 3. The number of carbonyl (C=O) groups excluding carboxylic acids is 3. The lowest BCUT2D eigenvalue weighted by Gasteiger charge is -2.18. The smallest absolute Gasteiger partial charge is 0.306 e. The highest BCUT2D eigenvalue weighted by molar-refractivity contribution is 5.71. The average molecular weight is 877 g/mol. The third-order valence-corrected chi connectivity index (χ3v) is 13.4. The maximum atomic E-state index is 12.8. The Balaban J connectivity index is 4.30. The summed E-state index contributed by atoms with van der Waals surface area (Å²) in [5, 5.41) is 0. The molecule has 0 aliphatic heterocycles. The highest BCUT2D eigenvalue weighted by atomic mass is 16.6. The molecule has 0 radical (unpaired) electrons. The molecule has 0 aromatic carbocycles. The van der Waals surface area contributed by atoms with Gasteiger partial charge in [0, 0.05) is 19.3 Å². The highest BCUT2D eigenvalue weighted by Gasteiger charge is 2.19. The van der Waals surface area contributed by atoms with Gasteiger partial charge in [-0.3, -0.25) is 14.4 Å².